The molecule has 0 heterocycles. The summed E-state index contributed by atoms with van der Waals surface area (Å²) in [4.78, 5) is 22.7. The van der Waals surface area contributed by atoms with Crippen LogP contribution in [-0.2, 0) is 9.53 Å². The number of benzene rings is 1. The van der Waals surface area contributed by atoms with Crippen LogP contribution in [0.4, 0.5) is 5.69 Å². The zero-order valence-corrected chi connectivity index (χ0v) is 11.9. The number of esters is 1. The summed E-state index contributed by atoms with van der Waals surface area (Å²) in [5, 5.41) is 11.0. The number of carbonyl (C=O) groups excluding carboxylic acids is 2. The molecule has 0 aromatic heterocycles. The van der Waals surface area contributed by atoms with E-state index < -0.39 is 5.97 Å². The molecule has 1 aromatic rings. The maximum atomic E-state index is 11.5. The Hall–Kier alpha value is -1.62. The second kappa shape index (κ2) is 6.96. The Labute approximate surface area is 118 Å². The summed E-state index contributed by atoms with van der Waals surface area (Å²) in [7, 11) is 0. The molecule has 0 aliphatic carbocycles. The molecule has 0 saturated carbocycles. The van der Waals surface area contributed by atoms with E-state index in [4.69, 9.17) is 10.00 Å². The van der Waals surface area contributed by atoms with Crippen LogP contribution >= 0.6 is 22.6 Å². The van der Waals surface area contributed by atoms with Crippen molar-refractivity contribution in [2.75, 3.05) is 11.9 Å². The quantitative estimate of drug-likeness (QED) is 0.662. The summed E-state index contributed by atoms with van der Waals surface area (Å²) in [6, 6.07) is 6.58. The molecule has 0 saturated heterocycles. The van der Waals surface area contributed by atoms with Crippen LogP contribution in [0.1, 0.15) is 23.7 Å². The van der Waals surface area contributed by atoms with E-state index in [9.17, 15) is 9.59 Å². The second-order valence-corrected chi connectivity index (χ2v) is 4.46. The Balaban J connectivity index is 2.83. The van der Waals surface area contributed by atoms with Crippen LogP contribution in [0, 0.1) is 14.9 Å². The molecule has 6 heteroatoms. The third kappa shape index (κ3) is 4.00. The van der Waals surface area contributed by atoms with Crippen LogP contribution < -0.4 is 5.32 Å². The number of hydrogen-bond donors (Lipinski definition) is 1. The molecule has 0 aliphatic heterocycles. The molecular formula is C12H11IN2O3. The number of rotatable bonds is 4. The first kappa shape index (κ1) is 14.4. The zero-order valence-electron chi connectivity index (χ0n) is 9.70. The summed E-state index contributed by atoms with van der Waals surface area (Å²) in [6.45, 7) is 2.05. The smallest absolute Gasteiger partial charge is 0.338 e. The Kier molecular flexibility index (Phi) is 5.58. The van der Waals surface area contributed by atoms with Crippen molar-refractivity contribution in [2.45, 2.75) is 13.3 Å². The molecule has 1 N–H and O–H groups in total. The number of nitriles is 1. The summed E-state index contributed by atoms with van der Waals surface area (Å²) in [5.74, 6) is -0.774. The first-order chi connectivity index (χ1) is 8.58. The fourth-order valence-electron chi connectivity index (χ4n) is 1.22. The van der Waals surface area contributed by atoms with Gasteiger partial charge in [-0.05, 0) is 47.7 Å². The number of carbonyl (C=O) groups is 2. The first-order valence-corrected chi connectivity index (χ1v) is 6.29. The van der Waals surface area contributed by atoms with Crippen molar-refractivity contribution in [2.24, 2.45) is 0 Å². The molecule has 18 heavy (non-hydrogen) atoms. The highest BCUT2D eigenvalue weighted by molar-refractivity contribution is 14.1. The van der Waals surface area contributed by atoms with Crippen LogP contribution in [0.5, 0.6) is 0 Å². The van der Waals surface area contributed by atoms with Gasteiger partial charge in [-0.2, -0.15) is 5.26 Å². The number of hydrogen-bond acceptors (Lipinski definition) is 4. The van der Waals surface area contributed by atoms with Crippen LogP contribution in [-0.4, -0.2) is 18.5 Å². The van der Waals surface area contributed by atoms with Gasteiger partial charge in [-0.15, -0.1) is 0 Å². The first-order valence-electron chi connectivity index (χ1n) is 5.22. The van der Waals surface area contributed by atoms with Crippen LogP contribution in [0.3, 0.4) is 0 Å². The van der Waals surface area contributed by atoms with Gasteiger partial charge in [-0.3, -0.25) is 4.79 Å². The summed E-state index contributed by atoms with van der Waals surface area (Å²) in [5.41, 5.74) is 1.00. The predicted molar refractivity (Wildman–Crippen MR) is 74.0 cm³/mol. The number of anilines is 1. The Morgan fingerprint density at radius 1 is 1.50 bits per heavy atom. The maximum Gasteiger partial charge on any atom is 0.338 e. The molecule has 0 bridgehead atoms. The van der Waals surface area contributed by atoms with Crippen molar-refractivity contribution in [3.05, 3.63) is 27.3 Å². The van der Waals surface area contributed by atoms with Crippen molar-refractivity contribution in [1.82, 2.24) is 0 Å². The average Bonchev–Trinajstić information content (AvgIpc) is 2.32. The van der Waals surface area contributed by atoms with E-state index in [1.165, 1.54) is 0 Å². The van der Waals surface area contributed by atoms with Gasteiger partial charge >= 0.3 is 5.97 Å². The van der Waals surface area contributed by atoms with Gasteiger partial charge in [0.05, 0.1) is 23.9 Å². The number of nitrogens with one attached hydrogen (secondary N) is 1. The van der Waals surface area contributed by atoms with E-state index in [0.717, 1.165) is 0 Å². The highest BCUT2D eigenvalue weighted by Gasteiger charge is 2.10. The largest absolute Gasteiger partial charge is 0.462 e. The lowest BCUT2D eigenvalue weighted by atomic mass is 10.2. The van der Waals surface area contributed by atoms with E-state index >= 15 is 0 Å². The van der Waals surface area contributed by atoms with Gasteiger partial charge in [0.1, 0.15) is 6.42 Å². The van der Waals surface area contributed by atoms with Crippen LogP contribution in [0.25, 0.3) is 0 Å². The molecule has 94 valence electrons. The van der Waals surface area contributed by atoms with Crippen LogP contribution in [0.15, 0.2) is 18.2 Å². The molecular weight excluding hydrogens is 347 g/mol. The minimum Gasteiger partial charge on any atom is -0.462 e. The molecule has 1 amide bonds. The van der Waals surface area contributed by atoms with E-state index in [1.807, 2.05) is 22.6 Å². The standard InChI is InChI=1S/C12H11IN2O3/c1-2-18-12(17)8-3-4-10(9(13)7-8)15-11(16)5-6-14/h3-4,7H,2,5H2,1H3,(H,15,16). The maximum absolute atomic E-state index is 11.5. The molecule has 1 rings (SSSR count). The third-order valence-electron chi connectivity index (χ3n) is 1.99. The number of nitrogens with zero attached hydrogens (tertiary/aromatic N) is 1. The molecule has 5 nitrogen and oxygen atoms in total. The van der Waals surface area contributed by atoms with Crippen LogP contribution in [0.2, 0.25) is 0 Å². The zero-order chi connectivity index (χ0) is 13.5. The number of amides is 1. The normalized spacial score (nSPS) is 9.39. The van der Waals surface area contributed by atoms with E-state index in [1.54, 1.807) is 31.2 Å². The molecule has 0 radical (unpaired) electrons. The van der Waals surface area contributed by atoms with Crippen molar-refractivity contribution in [3.8, 4) is 6.07 Å². The van der Waals surface area contributed by atoms with Gasteiger partial charge in [0.15, 0.2) is 0 Å². The summed E-state index contributed by atoms with van der Waals surface area (Å²) >= 11 is 2.00. The molecule has 0 aliphatic rings. The van der Waals surface area contributed by atoms with E-state index in [2.05, 4.69) is 5.32 Å². The van der Waals surface area contributed by atoms with Crippen molar-refractivity contribution < 1.29 is 14.3 Å². The van der Waals surface area contributed by atoms with Crippen molar-refractivity contribution >= 4 is 40.2 Å². The number of ether oxygens (including phenoxy) is 1. The van der Waals surface area contributed by atoms with Gasteiger partial charge in [-0.1, -0.05) is 0 Å². The van der Waals surface area contributed by atoms with Gasteiger partial charge in [0.2, 0.25) is 5.91 Å². The summed E-state index contributed by atoms with van der Waals surface area (Å²) in [6.07, 6.45) is -0.199. The minimum atomic E-state index is -0.398. The minimum absolute atomic E-state index is 0.199. The molecule has 1 aromatic carbocycles. The Bertz CT molecular complexity index is 509. The van der Waals surface area contributed by atoms with E-state index in [0.29, 0.717) is 21.4 Å². The highest BCUT2D eigenvalue weighted by Crippen LogP contribution is 2.20. The molecule has 0 spiro atoms. The predicted octanol–water partition coefficient (Wildman–Crippen LogP) is 2.32. The SMILES string of the molecule is CCOC(=O)c1ccc(NC(=O)CC#N)c(I)c1. The fraction of sp³-hybridized carbons (Fsp3) is 0.250. The lowest BCUT2D eigenvalue weighted by molar-refractivity contribution is -0.115. The second-order valence-electron chi connectivity index (χ2n) is 3.30. The van der Waals surface area contributed by atoms with Crippen molar-refractivity contribution in [3.63, 3.8) is 0 Å². The summed E-state index contributed by atoms with van der Waals surface area (Å²) < 4.78 is 5.58. The number of halogens is 1. The monoisotopic (exact) mass is 358 g/mol. The topological polar surface area (TPSA) is 79.2 Å². The Morgan fingerprint density at radius 2 is 2.22 bits per heavy atom. The van der Waals surface area contributed by atoms with Gasteiger partial charge in [0.25, 0.3) is 0 Å². The lowest BCUT2D eigenvalue weighted by Gasteiger charge is -2.07. The molecule has 0 atom stereocenters. The lowest BCUT2D eigenvalue weighted by Crippen LogP contribution is -2.12. The highest BCUT2D eigenvalue weighted by atomic mass is 127. The fourth-order valence-corrected chi connectivity index (χ4v) is 1.87. The van der Waals surface area contributed by atoms with Gasteiger partial charge in [0, 0.05) is 3.57 Å². The van der Waals surface area contributed by atoms with E-state index in [-0.39, 0.29) is 12.3 Å². The van der Waals surface area contributed by atoms with Crippen molar-refractivity contribution in [1.29, 1.82) is 5.26 Å². The molecule has 0 fully saturated rings. The molecule has 0 unspecified atom stereocenters. The van der Waals surface area contributed by atoms with Gasteiger partial charge < -0.3 is 10.1 Å². The third-order valence-corrected chi connectivity index (χ3v) is 2.89. The average molecular weight is 358 g/mol. The van der Waals surface area contributed by atoms with Gasteiger partial charge in [-0.25, -0.2) is 4.79 Å². The Morgan fingerprint density at radius 3 is 2.78 bits per heavy atom.